The van der Waals surface area contributed by atoms with Crippen LogP contribution in [0.15, 0.2) is 0 Å². The summed E-state index contributed by atoms with van der Waals surface area (Å²) in [5.41, 5.74) is 0. The Bertz CT molecular complexity index is 2490. The van der Waals surface area contributed by atoms with Crippen LogP contribution in [0.1, 0.15) is 407 Å². The highest BCUT2D eigenvalue weighted by Gasteiger charge is 2.30. The van der Waals surface area contributed by atoms with Crippen LogP contribution in [0.4, 0.5) is 0 Å². The summed E-state index contributed by atoms with van der Waals surface area (Å²) in [6, 6.07) is -3.18. The van der Waals surface area contributed by atoms with Crippen molar-refractivity contribution in [3.8, 4) is 0 Å². The maximum Gasteiger partial charge on any atom is 0.328 e. The van der Waals surface area contributed by atoms with E-state index in [2.05, 4.69) is 110 Å². The van der Waals surface area contributed by atoms with Crippen molar-refractivity contribution in [1.82, 2.24) is 42.5 Å². The lowest BCUT2D eigenvalue weighted by Gasteiger charge is -2.24. The maximum atomic E-state index is 13.8. The van der Waals surface area contributed by atoms with Gasteiger partial charge in [-0.05, 0) is 141 Å². The molecule has 0 fully saturated rings. The number of hydrogen-bond acceptors (Lipinski definition) is 16. The lowest BCUT2D eigenvalue weighted by atomic mass is 9.99. The van der Waals surface area contributed by atoms with E-state index in [-0.39, 0.29) is 101 Å². The van der Waals surface area contributed by atoms with Crippen LogP contribution in [0.3, 0.4) is 0 Å². The van der Waals surface area contributed by atoms with Gasteiger partial charge < -0.3 is 67.0 Å². The summed E-state index contributed by atoms with van der Waals surface area (Å²) in [5, 5.41) is 39.7. The topological polar surface area (TPSA) is 352 Å². The van der Waals surface area contributed by atoms with Crippen LogP contribution in [0, 0.1) is 47.3 Å². The first-order chi connectivity index (χ1) is 56.4. The van der Waals surface area contributed by atoms with Crippen molar-refractivity contribution in [2.45, 2.75) is 437 Å². The number of hydrogen-bond donors (Lipinski definition) is 10. The van der Waals surface area contributed by atoms with Crippen molar-refractivity contribution in [2.75, 3.05) is 54.6 Å². The van der Waals surface area contributed by atoms with Gasteiger partial charge in [0.05, 0.1) is 33.4 Å². The van der Waals surface area contributed by atoms with E-state index in [1.165, 1.54) is 59.9 Å². The van der Waals surface area contributed by atoms with Crippen molar-refractivity contribution < 1.29 is 77.2 Å². The molecule has 696 valence electrons. The standard InChI is InChI=1S/C52H98N6O8.C23H44N2O4.C9H18O2.C9H20O.CH4O/c1-10-14-18-22-32-42(8)49(62)57-44(34-24-27-37-54-47(60)40(6)30-20-16-12-3)51(64)58-45(52(65)66-9)35-25-28-38-55-50(63)43(56-48(61)41(7)31-21-17-13-4)33-23-26-36-53-46(59)39(5)29-19-15-11-2;1-6-8-10-14-18(3)21(26)24-17-13-12-16-20(23(28)29-5)25-22(27)19(4)15-11-9-7-2;1-4-5-6-7-8(2)9(10)11-3;1-4-5-6-7-8(2)9(3)10;1-2/h39-45H,10-38H2,1-9H3,(H,53,59)(H,54,60)(H,55,63)(H,56,61)(H,57,62)(H,58,64);18-20H,6-17H2,1-5H3,(H,24,26)(H,25,27);8H,4-7H2,1-3H3;8-10H,4-7H2,1-3H3;2H,1H3. The Labute approximate surface area is 720 Å². The fourth-order valence-corrected chi connectivity index (χ4v) is 13.1. The van der Waals surface area contributed by atoms with E-state index < -0.39 is 42.0 Å². The summed E-state index contributed by atoms with van der Waals surface area (Å²) in [6.45, 7) is 36.5. The first-order valence-corrected chi connectivity index (χ1v) is 47.1. The first-order valence-electron chi connectivity index (χ1n) is 47.1. The molecule has 0 aliphatic rings. The van der Waals surface area contributed by atoms with Crippen LogP contribution in [0.5, 0.6) is 0 Å². The average molecular weight is 1680 g/mol. The van der Waals surface area contributed by atoms with E-state index >= 15 is 0 Å². The molecule has 0 rings (SSSR count). The molecule has 24 nitrogen and oxygen atoms in total. The fraction of sp³-hybridized carbons (Fsp3) is 0.883. The van der Waals surface area contributed by atoms with Crippen LogP contribution in [-0.4, -0.2) is 160 Å². The first kappa shape index (κ1) is 121. The molecule has 0 aromatic heterocycles. The summed E-state index contributed by atoms with van der Waals surface area (Å²) in [6.07, 6.45) is 41.2. The third-order valence-electron chi connectivity index (χ3n) is 22.1. The zero-order valence-electron chi connectivity index (χ0n) is 79.3. The Hall–Kier alpha value is -5.91. The minimum Gasteiger partial charge on any atom is -0.469 e. The number of carbonyl (C=O) groups is 11. The SMILES string of the molecule is CCCCCC(C)C(=O)NCCCCC(NC(=O)C(C)CCCCC)C(=O)OC.CCCCCC(C)C(=O)OC.CCCCCC(C)C(C)O.CCCCCCC(C)C(=O)NC(CCCCNC(=O)C(C)CCCCC)C(=O)NC(CCCCNC(=O)C(CCCCNC(=O)C(C)CCCCC)NC(=O)C(C)CCCCC)C(=O)OC.CO. The summed E-state index contributed by atoms with van der Waals surface area (Å²) in [4.78, 5) is 139. The molecule has 13 unspecified atom stereocenters. The Morgan fingerprint density at radius 3 is 0.703 bits per heavy atom. The average Bonchev–Trinajstić information content (AvgIpc) is 0.881. The Morgan fingerprint density at radius 2 is 0.432 bits per heavy atom. The van der Waals surface area contributed by atoms with Gasteiger partial charge in [-0.3, -0.25) is 43.2 Å². The molecule has 0 aromatic carbocycles. The molecule has 0 aromatic rings. The maximum absolute atomic E-state index is 13.8. The highest BCUT2D eigenvalue weighted by molar-refractivity contribution is 5.91. The highest BCUT2D eigenvalue weighted by atomic mass is 16.5. The number of nitrogens with one attached hydrogen (secondary N) is 8. The molecular weight excluding hydrogens is 1500 g/mol. The van der Waals surface area contributed by atoms with Gasteiger partial charge in [-0.2, -0.15) is 0 Å². The van der Waals surface area contributed by atoms with E-state index in [1.807, 2.05) is 55.4 Å². The molecule has 24 heteroatoms. The van der Waals surface area contributed by atoms with Gasteiger partial charge >= 0.3 is 17.9 Å². The zero-order valence-corrected chi connectivity index (χ0v) is 79.3. The van der Waals surface area contributed by atoms with Gasteiger partial charge in [0.15, 0.2) is 0 Å². The number of methoxy groups -OCH3 is 3. The summed E-state index contributed by atoms with van der Waals surface area (Å²) >= 11 is 0. The van der Waals surface area contributed by atoms with Crippen molar-refractivity contribution in [1.29, 1.82) is 0 Å². The van der Waals surface area contributed by atoms with Gasteiger partial charge in [-0.25, -0.2) is 9.59 Å². The molecule has 0 heterocycles. The molecule has 118 heavy (non-hydrogen) atoms. The van der Waals surface area contributed by atoms with Gasteiger partial charge in [0.25, 0.3) is 0 Å². The van der Waals surface area contributed by atoms with E-state index in [0.717, 1.165) is 187 Å². The number of unbranched alkanes of at least 4 members (excludes halogenated alkanes) is 21. The van der Waals surface area contributed by atoms with Crippen molar-refractivity contribution >= 4 is 65.2 Å². The van der Waals surface area contributed by atoms with E-state index in [9.17, 15) is 52.7 Å². The van der Waals surface area contributed by atoms with Gasteiger partial charge in [0.1, 0.15) is 24.2 Å². The molecule has 0 aliphatic carbocycles. The van der Waals surface area contributed by atoms with Gasteiger partial charge in [-0.1, -0.05) is 271 Å². The lowest BCUT2D eigenvalue weighted by molar-refractivity contribution is -0.146. The van der Waals surface area contributed by atoms with Crippen LogP contribution in [-0.2, 0) is 67.0 Å². The lowest BCUT2D eigenvalue weighted by Crippen LogP contribution is -2.52. The second kappa shape index (κ2) is 84.7. The van der Waals surface area contributed by atoms with Gasteiger partial charge in [-0.15, -0.1) is 0 Å². The Morgan fingerprint density at radius 1 is 0.229 bits per heavy atom. The number of ether oxygens (including phenoxy) is 3. The third kappa shape index (κ3) is 69.7. The summed E-state index contributed by atoms with van der Waals surface area (Å²) in [7, 11) is 5.05. The quantitative estimate of drug-likeness (QED) is 0.0154. The molecule has 10 N–H and O–H groups in total. The second-order valence-corrected chi connectivity index (χ2v) is 33.3. The predicted molar refractivity (Wildman–Crippen MR) is 482 cm³/mol. The molecule has 0 spiro atoms. The van der Waals surface area contributed by atoms with Crippen LogP contribution in [0.25, 0.3) is 0 Å². The van der Waals surface area contributed by atoms with Crippen molar-refractivity contribution in [3.63, 3.8) is 0 Å². The van der Waals surface area contributed by atoms with Crippen molar-refractivity contribution in [3.05, 3.63) is 0 Å². The summed E-state index contributed by atoms with van der Waals surface area (Å²) in [5.74, 6) is -2.24. The van der Waals surface area contributed by atoms with Crippen LogP contribution < -0.4 is 42.5 Å². The molecule has 13 atom stereocenters. The highest BCUT2D eigenvalue weighted by Crippen LogP contribution is 2.19. The number of amides is 8. The number of esters is 3. The van der Waals surface area contributed by atoms with E-state index in [1.54, 1.807) is 0 Å². The fourth-order valence-electron chi connectivity index (χ4n) is 13.1. The van der Waals surface area contributed by atoms with Gasteiger partial charge in [0.2, 0.25) is 47.3 Å². The minimum atomic E-state index is -0.960. The van der Waals surface area contributed by atoms with E-state index in [4.69, 9.17) is 19.7 Å². The number of rotatable bonds is 69. The van der Waals surface area contributed by atoms with Crippen LogP contribution >= 0.6 is 0 Å². The monoisotopic (exact) mass is 1680 g/mol. The molecule has 0 saturated heterocycles. The van der Waals surface area contributed by atoms with Crippen molar-refractivity contribution in [2.24, 2.45) is 47.3 Å². The van der Waals surface area contributed by atoms with Crippen LogP contribution in [0.2, 0.25) is 0 Å². The molecule has 0 aliphatic heterocycles. The Kier molecular flexibility index (Phi) is 86.6. The molecule has 0 bridgehead atoms. The smallest absolute Gasteiger partial charge is 0.328 e. The second-order valence-electron chi connectivity index (χ2n) is 33.3. The molecule has 0 radical (unpaired) electrons. The number of aliphatic hydroxyl groups excluding tert-OH is 2. The number of aliphatic hydroxyl groups is 2. The minimum absolute atomic E-state index is 0.0250. The normalized spacial score (nSPS) is 14.1. The zero-order chi connectivity index (χ0) is 90.3. The Balaban J connectivity index is -0.000000659. The largest absolute Gasteiger partial charge is 0.469 e. The third-order valence-corrected chi connectivity index (χ3v) is 22.1. The summed E-state index contributed by atoms with van der Waals surface area (Å²) < 4.78 is 14.5. The number of carbonyl (C=O) groups excluding carboxylic acids is 11. The molecule has 0 saturated carbocycles. The molecule has 8 amide bonds. The van der Waals surface area contributed by atoms with E-state index in [0.29, 0.717) is 96.3 Å². The predicted octanol–water partition coefficient (Wildman–Crippen LogP) is 17.7. The molecular formula is C94H184N8O16. The van der Waals surface area contributed by atoms with Gasteiger partial charge in [0, 0.05) is 68.8 Å².